The van der Waals surface area contributed by atoms with Crippen LogP contribution < -0.4 is 4.74 Å². The molecule has 2 saturated heterocycles. The fraction of sp³-hybridized carbons (Fsp3) is 0.333. The zero-order chi connectivity index (χ0) is 20.5. The highest BCUT2D eigenvalue weighted by atomic mass is 16.5. The lowest BCUT2D eigenvalue weighted by Gasteiger charge is -2.49. The third-order valence-electron chi connectivity index (χ3n) is 6.08. The Bertz CT molecular complexity index is 1040. The highest BCUT2D eigenvalue weighted by molar-refractivity contribution is 5.99. The van der Waals surface area contributed by atoms with E-state index in [4.69, 9.17) is 4.74 Å². The molecule has 2 bridgehead atoms. The molecule has 3 unspecified atom stereocenters. The van der Waals surface area contributed by atoms with Crippen LogP contribution in [-0.4, -0.2) is 44.4 Å². The van der Waals surface area contributed by atoms with Crippen LogP contribution in [0.4, 0.5) is 0 Å². The molecule has 3 aromatic rings. The van der Waals surface area contributed by atoms with E-state index < -0.39 is 0 Å². The Hall–Kier alpha value is -3.28. The minimum Gasteiger partial charge on any atom is -0.472 e. The highest BCUT2D eigenvalue weighted by Gasteiger charge is 2.44. The van der Waals surface area contributed by atoms with Gasteiger partial charge in [-0.25, -0.2) is 4.98 Å². The molecule has 152 valence electrons. The highest BCUT2D eigenvalue weighted by Crippen LogP contribution is 2.38. The standard InChI is InChI=1S/C24H24N4O2/c1-16-7-10-22(27-14-16)30-21-13-17-8-9-20(21)28(15-17)24(29)18-5-4-12-26-23(18)19-6-2-3-11-25-19/h2-7,10-12,14,17,20-21H,8-9,13,15H2,1H3. The van der Waals surface area contributed by atoms with Gasteiger partial charge in [-0.1, -0.05) is 12.1 Å². The Kier molecular flexibility index (Phi) is 4.91. The topological polar surface area (TPSA) is 68.2 Å². The largest absolute Gasteiger partial charge is 0.472 e. The molecular formula is C24H24N4O2. The van der Waals surface area contributed by atoms with Crippen LogP contribution in [0.5, 0.6) is 5.88 Å². The van der Waals surface area contributed by atoms with Crippen molar-refractivity contribution in [1.29, 1.82) is 0 Å². The molecule has 6 nitrogen and oxygen atoms in total. The number of aromatic nitrogens is 3. The van der Waals surface area contributed by atoms with Crippen LogP contribution >= 0.6 is 0 Å². The van der Waals surface area contributed by atoms with E-state index in [1.807, 2.05) is 60.5 Å². The summed E-state index contributed by atoms with van der Waals surface area (Å²) in [5.74, 6) is 1.08. The Morgan fingerprint density at radius 1 is 1.03 bits per heavy atom. The van der Waals surface area contributed by atoms with Crippen molar-refractivity contribution in [1.82, 2.24) is 19.9 Å². The van der Waals surface area contributed by atoms with Crippen molar-refractivity contribution in [2.24, 2.45) is 5.92 Å². The van der Waals surface area contributed by atoms with Crippen molar-refractivity contribution in [3.8, 4) is 17.3 Å². The third-order valence-corrected chi connectivity index (χ3v) is 6.08. The quantitative estimate of drug-likeness (QED) is 0.664. The van der Waals surface area contributed by atoms with E-state index in [1.54, 1.807) is 12.4 Å². The summed E-state index contributed by atoms with van der Waals surface area (Å²) in [7, 11) is 0. The summed E-state index contributed by atoms with van der Waals surface area (Å²) >= 11 is 0. The molecule has 5 heterocycles. The molecule has 3 fully saturated rings. The van der Waals surface area contributed by atoms with Crippen LogP contribution in [0.15, 0.2) is 61.1 Å². The lowest BCUT2D eigenvalue weighted by atomic mass is 9.77. The zero-order valence-electron chi connectivity index (χ0n) is 16.9. The molecule has 30 heavy (non-hydrogen) atoms. The van der Waals surface area contributed by atoms with E-state index in [0.29, 0.717) is 28.7 Å². The molecule has 3 aromatic heterocycles. The first-order valence-corrected chi connectivity index (χ1v) is 10.5. The number of carbonyl (C=O) groups is 1. The number of hydrogen-bond acceptors (Lipinski definition) is 5. The second-order valence-corrected chi connectivity index (χ2v) is 8.15. The molecule has 1 saturated carbocycles. The molecule has 6 rings (SSSR count). The van der Waals surface area contributed by atoms with Gasteiger partial charge in [0, 0.05) is 31.2 Å². The average Bonchev–Trinajstić information content (AvgIpc) is 2.81. The molecule has 0 spiro atoms. The maximum atomic E-state index is 13.6. The van der Waals surface area contributed by atoms with Gasteiger partial charge in [0.2, 0.25) is 5.88 Å². The average molecular weight is 400 g/mol. The van der Waals surface area contributed by atoms with Gasteiger partial charge in [0.25, 0.3) is 5.91 Å². The maximum Gasteiger partial charge on any atom is 0.256 e. The number of hydrogen-bond donors (Lipinski definition) is 0. The first-order chi connectivity index (χ1) is 14.7. The summed E-state index contributed by atoms with van der Waals surface area (Å²) < 4.78 is 6.24. The molecule has 0 radical (unpaired) electrons. The number of amides is 1. The summed E-state index contributed by atoms with van der Waals surface area (Å²) in [6.07, 6.45) is 8.25. The molecule has 3 atom stereocenters. The van der Waals surface area contributed by atoms with Crippen molar-refractivity contribution < 1.29 is 9.53 Å². The molecular weight excluding hydrogens is 376 g/mol. The van der Waals surface area contributed by atoms with Gasteiger partial charge in [-0.2, -0.15) is 0 Å². The monoisotopic (exact) mass is 400 g/mol. The van der Waals surface area contributed by atoms with Gasteiger partial charge in [-0.3, -0.25) is 14.8 Å². The normalized spacial score (nSPS) is 22.7. The SMILES string of the molecule is Cc1ccc(OC2CC3CCC2N(C(=O)c2cccnc2-c2ccccn2)C3)nc1. The zero-order valence-corrected chi connectivity index (χ0v) is 16.9. The second kappa shape index (κ2) is 7.86. The maximum absolute atomic E-state index is 13.6. The number of pyridine rings is 3. The minimum atomic E-state index is -0.0355. The molecule has 0 aromatic carbocycles. The first-order valence-electron chi connectivity index (χ1n) is 10.5. The summed E-state index contributed by atoms with van der Waals surface area (Å²) in [6.45, 7) is 2.77. The van der Waals surface area contributed by atoms with E-state index >= 15 is 0 Å². The van der Waals surface area contributed by atoms with Crippen LogP contribution in [-0.2, 0) is 0 Å². The van der Waals surface area contributed by atoms with Crippen molar-refractivity contribution in [2.75, 3.05) is 6.54 Å². The van der Waals surface area contributed by atoms with Crippen molar-refractivity contribution in [2.45, 2.75) is 38.3 Å². The Balaban J connectivity index is 1.42. The van der Waals surface area contributed by atoms with E-state index in [1.165, 1.54) is 0 Å². The summed E-state index contributed by atoms with van der Waals surface area (Å²) in [5, 5.41) is 0. The van der Waals surface area contributed by atoms with Gasteiger partial charge in [0.05, 0.1) is 17.3 Å². The van der Waals surface area contributed by atoms with Crippen LogP contribution in [0.2, 0.25) is 0 Å². The molecule has 3 aliphatic rings. The third kappa shape index (κ3) is 3.54. The van der Waals surface area contributed by atoms with Crippen molar-refractivity contribution in [3.63, 3.8) is 0 Å². The molecule has 1 amide bonds. The lowest BCUT2D eigenvalue weighted by Crippen LogP contribution is -2.59. The number of ether oxygens (including phenoxy) is 1. The van der Waals surface area contributed by atoms with E-state index in [2.05, 4.69) is 15.0 Å². The Morgan fingerprint density at radius 2 is 1.93 bits per heavy atom. The number of carbonyl (C=O) groups excluding carboxylic acids is 1. The predicted molar refractivity (Wildman–Crippen MR) is 113 cm³/mol. The second-order valence-electron chi connectivity index (χ2n) is 8.15. The first kappa shape index (κ1) is 18.7. The number of nitrogens with zero attached hydrogens (tertiary/aromatic N) is 4. The van der Waals surface area contributed by atoms with Gasteiger partial charge in [-0.05, 0) is 61.9 Å². The summed E-state index contributed by atoms with van der Waals surface area (Å²) in [6, 6.07) is 13.3. The van der Waals surface area contributed by atoms with Gasteiger partial charge in [-0.15, -0.1) is 0 Å². The number of piperidine rings is 2. The van der Waals surface area contributed by atoms with Crippen LogP contribution in [0.25, 0.3) is 11.4 Å². The Morgan fingerprint density at radius 3 is 2.70 bits per heavy atom. The fourth-order valence-electron chi connectivity index (χ4n) is 4.61. The molecule has 2 aliphatic heterocycles. The summed E-state index contributed by atoms with van der Waals surface area (Å²) in [5.41, 5.74) is 3.03. The molecule has 1 aliphatic carbocycles. The van der Waals surface area contributed by atoms with Crippen molar-refractivity contribution >= 4 is 5.91 Å². The smallest absolute Gasteiger partial charge is 0.256 e. The van der Waals surface area contributed by atoms with E-state index in [9.17, 15) is 4.79 Å². The predicted octanol–water partition coefficient (Wildman–Crippen LogP) is 3.92. The van der Waals surface area contributed by atoms with Gasteiger partial charge in [0.1, 0.15) is 11.8 Å². The minimum absolute atomic E-state index is 0.00335. The number of fused-ring (bicyclic) bond motifs is 3. The Labute approximate surface area is 176 Å². The van der Waals surface area contributed by atoms with Gasteiger partial charge < -0.3 is 9.64 Å². The number of aryl methyl sites for hydroxylation is 1. The van der Waals surface area contributed by atoms with Crippen LogP contribution in [0, 0.1) is 12.8 Å². The van der Waals surface area contributed by atoms with Crippen molar-refractivity contribution in [3.05, 3.63) is 72.2 Å². The van der Waals surface area contributed by atoms with Crippen LogP contribution in [0.1, 0.15) is 35.2 Å². The van der Waals surface area contributed by atoms with Gasteiger partial charge >= 0.3 is 0 Å². The van der Waals surface area contributed by atoms with E-state index in [0.717, 1.165) is 31.4 Å². The number of rotatable bonds is 4. The lowest BCUT2D eigenvalue weighted by molar-refractivity contribution is -0.0313. The fourth-order valence-corrected chi connectivity index (χ4v) is 4.61. The van der Waals surface area contributed by atoms with E-state index in [-0.39, 0.29) is 18.1 Å². The summed E-state index contributed by atoms with van der Waals surface area (Å²) in [4.78, 5) is 28.9. The molecule has 0 N–H and O–H groups in total. The molecule has 6 heteroatoms. The van der Waals surface area contributed by atoms with Gasteiger partial charge in [0.15, 0.2) is 0 Å². The van der Waals surface area contributed by atoms with Crippen LogP contribution in [0.3, 0.4) is 0 Å².